The Bertz CT molecular complexity index is 824. The zero-order valence-electron chi connectivity index (χ0n) is 12.7. The van der Waals surface area contributed by atoms with Gasteiger partial charge in [0.15, 0.2) is 0 Å². The molecule has 2 aromatic carbocycles. The monoisotopic (exact) mass is 456 g/mol. The maximum absolute atomic E-state index is 10.6. The van der Waals surface area contributed by atoms with Gasteiger partial charge in [-0.3, -0.25) is 4.79 Å². The molecule has 0 saturated heterocycles. The van der Waals surface area contributed by atoms with Crippen LogP contribution in [0.1, 0.15) is 20.7 Å². The smallest absolute Gasteiger partial charge is 0.335 e. The van der Waals surface area contributed by atoms with E-state index in [-0.39, 0.29) is 17.0 Å². The first-order chi connectivity index (χ1) is 12.2. The number of carbonyl (C=O) groups is 2. The van der Waals surface area contributed by atoms with E-state index >= 15 is 0 Å². The molecule has 7 nitrogen and oxygen atoms in total. The number of nitrogens with zero attached hydrogens (tertiary/aromatic N) is 1. The fourth-order valence-electron chi connectivity index (χ4n) is 1.40. The fraction of sp³-hybridized carbons (Fsp3) is 0. The van der Waals surface area contributed by atoms with Crippen LogP contribution >= 0.6 is 33.0 Å². The number of aromatic carboxylic acids is 1. The van der Waals surface area contributed by atoms with E-state index in [0.29, 0.717) is 16.9 Å². The number of hydrogen-bond donors (Lipinski definition) is 2. The first-order valence-corrected chi connectivity index (χ1v) is 10.2. The maximum Gasteiger partial charge on any atom is 0.335 e. The molecule has 12 heteroatoms. The van der Waals surface area contributed by atoms with Gasteiger partial charge in [-0.05, 0) is 48.0 Å². The number of carboxylic acid groups (broad SMARTS) is 1. The van der Waals surface area contributed by atoms with Gasteiger partial charge in [0.05, 0.1) is 11.3 Å². The second-order valence-electron chi connectivity index (χ2n) is 4.10. The largest absolute Gasteiger partial charge is 0.478 e. The molecule has 0 radical (unpaired) electrons. The standard InChI is InChI=1S/C7H4ClNO2S.C7H7NO2.Cl2OS/c8-7(10)5-2-1-3-6(4-5)9-12-11;8-6-3-1-2-5(4-6)7(9)10;1-4(2)3/h1-4H;1-4H,8H2,(H,9,10);. The predicted octanol–water partition coefficient (Wildman–Crippen LogP) is 4.10. The Balaban J connectivity index is 0.000000405. The molecule has 0 amide bonds. The number of carbonyl (C=O) groups excluding carboxylic acids is 1. The summed E-state index contributed by atoms with van der Waals surface area (Å²) < 4.78 is 22.6. The van der Waals surface area contributed by atoms with Crippen LogP contribution in [-0.4, -0.2) is 24.7 Å². The van der Waals surface area contributed by atoms with Crippen molar-refractivity contribution in [3.63, 3.8) is 0 Å². The molecule has 0 fully saturated rings. The zero-order valence-corrected chi connectivity index (χ0v) is 16.6. The highest BCUT2D eigenvalue weighted by Crippen LogP contribution is 2.14. The minimum absolute atomic E-state index is 0.0958. The Morgan fingerprint density at radius 2 is 1.62 bits per heavy atom. The van der Waals surface area contributed by atoms with Gasteiger partial charge in [0, 0.05) is 32.6 Å². The molecule has 0 spiro atoms. The Labute approximate surface area is 168 Å². The van der Waals surface area contributed by atoms with Crippen molar-refractivity contribution in [3.8, 4) is 0 Å². The van der Waals surface area contributed by atoms with E-state index in [4.69, 9.17) is 26.7 Å². The van der Waals surface area contributed by atoms with E-state index in [9.17, 15) is 13.8 Å². The van der Waals surface area contributed by atoms with Crippen molar-refractivity contribution in [2.75, 3.05) is 5.73 Å². The zero-order chi connectivity index (χ0) is 20.1. The molecule has 3 N–H and O–H groups in total. The molecular weight excluding hydrogens is 447 g/mol. The lowest BCUT2D eigenvalue weighted by molar-refractivity contribution is 0.0696. The third kappa shape index (κ3) is 11.7. The lowest BCUT2D eigenvalue weighted by Gasteiger charge is -1.93. The molecule has 0 aliphatic carbocycles. The second-order valence-corrected chi connectivity index (χ2v) is 7.30. The van der Waals surface area contributed by atoms with Gasteiger partial charge < -0.3 is 10.8 Å². The van der Waals surface area contributed by atoms with Crippen LogP contribution in [0.4, 0.5) is 11.4 Å². The summed E-state index contributed by atoms with van der Waals surface area (Å²) in [6.07, 6.45) is 0. The van der Waals surface area contributed by atoms with Crippen molar-refractivity contribution in [1.29, 1.82) is 0 Å². The summed E-state index contributed by atoms with van der Waals surface area (Å²) in [6, 6.07) is 12.4. The first kappa shape index (κ1) is 24.2. The highest BCUT2D eigenvalue weighted by atomic mass is 36.0. The lowest BCUT2D eigenvalue weighted by Crippen LogP contribution is -1.96. The molecule has 2 aromatic rings. The molecule has 0 unspecified atom stereocenters. The summed E-state index contributed by atoms with van der Waals surface area (Å²) in [5, 5.41) is 7.90. The van der Waals surface area contributed by atoms with Gasteiger partial charge in [-0.2, -0.15) is 8.57 Å². The van der Waals surface area contributed by atoms with Crippen molar-refractivity contribution in [2.45, 2.75) is 0 Å². The van der Waals surface area contributed by atoms with E-state index in [2.05, 4.69) is 25.7 Å². The minimum atomic E-state index is -1.67. The summed E-state index contributed by atoms with van der Waals surface area (Å²) in [5.74, 6) is -0.952. The predicted molar refractivity (Wildman–Crippen MR) is 105 cm³/mol. The topological polar surface area (TPSA) is 127 Å². The molecule has 0 aliphatic heterocycles. The fourth-order valence-corrected chi connectivity index (χ4v) is 1.72. The number of benzene rings is 2. The summed E-state index contributed by atoms with van der Waals surface area (Å²) in [4.78, 5) is 20.9. The van der Waals surface area contributed by atoms with Crippen LogP contribution in [0.25, 0.3) is 0 Å². The minimum Gasteiger partial charge on any atom is -0.478 e. The Morgan fingerprint density at radius 3 is 2.04 bits per heavy atom. The number of rotatable bonds is 3. The average Bonchev–Trinajstić information content (AvgIpc) is 2.55. The van der Waals surface area contributed by atoms with E-state index < -0.39 is 20.4 Å². The first-order valence-electron chi connectivity index (χ1n) is 6.30. The molecule has 26 heavy (non-hydrogen) atoms. The number of nitrogens with two attached hydrogens (primary N) is 1. The number of anilines is 1. The van der Waals surface area contributed by atoms with E-state index in [1.807, 2.05) is 0 Å². The number of nitrogen functional groups attached to an aromatic ring is 1. The third-order valence-corrected chi connectivity index (χ3v) is 2.85. The summed E-state index contributed by atoms with van der Waals surface area (Å²) in [7, 11) is 7.36. The van der Waals surface area contributed by atoms with Gasteiger partial charge in [-0.25, -0.2) is 9.00 Å². The van der Waals surface area contributed by atoms with Gasteiger partial charge in [0.2, 0.25) is 20.7 Å². The molecule has 0 atom stereocenters. The Kier molecular flexibility index (Phi) is 12.5. The van der Waals surface area contributed by atoms with E-state index in [0.717, 1.165) is 0 Å². The van der Waals surface area contributed by atoms with Crippen LogP contribution in [0.3, 0.4) is 0 Å². The average molecular weight is 458 g/mol. The molecular formula is C14H11Cl3N2O5S2. The SMILES string of the molecule is Nc1cccc(C(=O)O)c1.O=S(Cl)Cl.O=S=Nc1cccc(C(=O)Cl)c1. The molecule has 0 bridgehead atoms. The molecule has 140 valence electrons. The number of halogens is 3. The summed E-state index contributed by atoms with van der Waals surface area (Å²) in [6.45, 7) is 0. The molecule has 0 heterocycles. The Hall–Kier alpha value is -1.78. The van der Waals surface area contributed by atoms with Crippen molar-refractivity contribution >= 4 is 76.2 Å². The second kappa shape index (κ2) is 13.4. The van der Waals surface area contributed by atoms with E-state index in [1.54, 1.807) is 30.3 Å². The third-order valence-electron chi connectivity index (χ3n) is 2.35. The van der Waals surface area contributed by atoms with E-state index in [1.165, 1.54) is 18.2 Å². The van der Waals surface area contributed by atoms with Crippen LogP contribution in [-0.2, 0) is 20.7 Å². The summed E-state index contributed by atoms with van der Waals surface area (Å²) in [5.41, 5.74) is 6.81. The van der Waals surface area contributed by atoms with Crippen LogP contribution in [0, 0.1) is 0 Å². The van der Waals surface area contributed by atoms with Gasteiger partial charge >= 0.3 is 5.97 Å². The van der Waals surface area contributed by atoms with Crippen LogP contribution in [0.2, 0.25) is 0 Å². The molecule has 0 aliphatic rings. The number of hydrogen-bond acceptors (Lipinski definition) is 6. The maximum atomic E-state index is 10.6. The van der Waals surface area contributed by atoms with Crippen LogP contribution in [0.5, 0.6) is 0 Å². The van der Waals surface area contributed by atoms with Gasteiger partial charge in [0.1, 0.15) is 0 Å². The van der Waals surface area contributed by atoms with Crippen molar-refractivity contribution in [2.24, 2.45) is 4.36 Å². The van der Waals surface area contributed by atoms with Gasteiger partial charge in [-0.15, -0.1) is 0 Å². The quantitative estimate of drug-likeness (QED) is 0.527. The van der Waals surface area contributed by atoms with Crippen LogP contribution < -0.4 is 5.73 Å². The van der Waals surface area contributed by atoms with Crippen molar-refractivity contribution in [3.05, 3.63) is 59.7 Å². The molecule has 0 saturated carbocycles. The normalized spacial score (nSPS) is 9.08. The highest BCUT2D eigenvalue weighted by Gasteiger charge is 2.01. The van der Waals surface area contributed by atoms with Gasteiger partial charge in [-0.1, -0.05) is 12.1 Å². The molecule has 2 rings (SSSR count). The highest BCUT2D eigenvalue weighted by molar-refractivity contribution is 8.26. The summed E-state index contributed by atoms with van der Waals surface area (Å²) >= 11 is 5.31. The Morgan fingerprint density at radius 1 is 1.08 bits per heavy atom. The lowest BCUT2D eigenvalue weighted by atomic mass is 10.2. The van der Waals surface area contributed by atoms with Crippen LogP contribution in [0.15, 0.2) is 52.9 Å². The van der Waals surface area contributed by atoms with Crippen molar-refractivity contribution < 1.29 is 23.1 Å². The number of carboxylic acids is 1. The molecule has 0 aromatic heterocycles. The van der Waals surface area contributed by atoms with Gasteiger partial charge in [0.25, 0.3) is 5.24 Å². The van der Waals surface area contributed by atoms with Crippen molar-refractivity contribution in [1.82, 2.24) is 0 Å².